The Hall–Kier alpha value is -1.86. The molecule has 0 amide bonds. The van der Waals surface area contributed by atoms with Gasteiger partial charge in [-0.05, 0) is 19.4 Å². The van der Waals surface area contributed by atoms with Crippen molar-refractivity contribution in [2.45, 2.75) is 18.9 Å². The molecule has 3 rings (SSSR count). The lowest BCUT2D eigenvalue weighted by molar-refractivity contribution is 0.632. The SMILES string of the molecule is Cn1cc(Nc2ncc(Cl)c(NC[C@H]3CCCN3)n2)cn1. The van der Waals surface area contributed by atoms with E-state index < -0.39 is 0 Å². The van der Waals surface area contributed by atoms with Crippen LogP contribution < -0.4 is 16.0 Å². The van der Waals surface area contributed by atoms with Crippen molar-refractivity contribution in [2.75, 3.05) is 23.7 Å². The van der Waals surface area contributed by atoms with Crippen LogP contribution in [0.2, 0.25) is 5.02 Å². The lowest BCUT2D eigenvalue weighted by Crippen LogP contribution is -2.29. The van der Waals surface area contributed by atoms with E-state index in [1.165, 1.54) is 12.8 Å². The Morgan fingerprint density at radius 3 is 3.10 bits per heavy atom. The molecule has 1 aliphatic heterocycles. The summed E-state index contributed by atoms with van der Waals surface area (Å²) < 4.78 is 1.71. The second kappa shape index (κ2) is 6.28. The summed E-state index contributed by atoms with van der Waals surface area (Å²) in [6, 6.07) is 0.478. The first-order valence-electron chi connectivity index (χ1n) is 6.96. The average Bonchev–Trinajstić information content (AvgIpc) is 3.11. The van der Waals surface area contributed by atoms with Crippen LogP contribution >= 0.6 is 11.6 Å². The molecular formula is C13H18ClN7. The zero-order valence-electron chi connectivity index (χ0n) is 11.8. The number of nitrogens with one attached hydrogen (secondary N) is 3. The molecule has 0 spiro atoms. The number of hydrogen-bond donors (Lipinski definition) is 3. The predicted molar refractivity (Wildman–Crippen MR) is 83.0 cm³/mol. The number of aryl methyl sites for hydroxylation is 1. The summed E-state index contributed by atoms with van der Waals surface area (Å²) in [7, 11) is 1.86. The summed E-state index contributed by atoms with van der Waals surface area (Å²) in [6.45, 7) is 1.89. The largest absolute Gasteiger partial charge is 0.367 e. The molecule has 1 aliphatic rings. The molecule has 0 unspecified atom stereocenters. The lowest BCUT2D eigenvalue weighted by atomic mass is 10.2. The van der Waals surface area contributed by atoms with Crippen molar-refractivity contribution >= 4 is 29.1 Å². The maximum absolute atomic E-state index is 6.14. The highest BCUT2D eigenvalue weighted by atomic mass is 35.5. The topological polar surface area (TPSA) is 79.7 Å². The van der Waals surface area contributed by atoms with E-state index in [4.69, 9.17) is 11.6 Å². The lowest BCUT2D eigenvalue weighted by Gasteiger charge is -2.13. The first kappa shape index (κ1) is 14.1. The second-order valence-electron chi connectivity index (χ2n) is 5.09. The van der Waals surface area contributed by atoms with E-state index in [-0.39, 0.29) is 0 Å². The smallest absolute Gasteiger partial charge is 0.229 e. The minimum atomic E-state index is 0.478. The van der Waals surface area contributed by atoms with Crippen molar-refractivity contribution in [1.82, 2.24) is 25.1 Å². The standard InChI is InChI=1S/C13H18ClN7/c1-21-8-10(6-18-21)19-13-17-7-11(14)12(20-13)16-5-9-3-2-4-15-9/h6-9,15H,2-5H2,1H3,(H2,16,17,19,20)/t9-/m1/s1. The monoisotopic (exact) mass is 307 g/mol. The van der Waals surface area contributed by atoms with Crippen LogP contribution in [0, 0.1) is 0 Å². The van der Waals surface area contributed by atoms with Gasteiger partial charge in [-0.2, -0.15) is 10.1 Å². The Labute approximate surface area is 128 Å². The van der Waals surface area contributed by atoms with Gasteiger partial charge >= 0.3 is 0 Å². The molecular weight excluding hydrogens is 290 g/mol. The number of halogens is 1. The first-order chi connectivity index (χ1) is 10.2. The van der Waals surface area contributed by atoms with Gasteiger partial charge < -0.3 is 16.0 Å². The molecule has 7 nitrogen and oxygen atoms in total. The average molecular weight is 308 g/mol. The summed E-state index contributed by atoms with van der Waals surface area (Å²) in [5, 5.41) is 14.4. The summed E-state index contributed by atoms with van der Waals surface area (Å²) in [5.41, 5.74) is 0.836. The van der Waals surface area contributed by atoms with Crippen molar-refractivity contribution in [2.24, 2.45) is 7.05 Å². The molecule has 0 radical (unpaired) electrons. The van der Waals surface area contributed by atoms with E-state index in [1.54, 1.807) is 17.1 Å². The van der Waals surface area contributed by atoms with Crippen LogP contribution in [-0.2, 0) is 7.05 Å². The molecule has 2 aromatic heterocycles. The summed E-state index contributed by atoms with van der Waals surface area (Å²) >= 11 is 6.14. The van der Waals surface area contributed by atoms with Gasteiger partial charge in [0, 0.05) is 25.8 Å². The molecule has 0 saturated carbocycles. The van der Waals surface area contributed by atoms with Gasteiger partial charge in [-0.25, -0.2) is 4.98 Å². The van der Waals surface area contributed by atoms with Crippen molar-refractivity contribution in [1.29, 1.82) is 0 Å². The van der Waals surface area contributed by atoms with Crippen molar-refractivity contribution in [3.63, 3.8) is 0 Å². The number of anilines is 3. The first-order valence-corrected chi connectivity index (χ1v) is 7.34. The fourth-order valence-corrected chi connectivity index (χ4v) is 2.47. The third kappa shape index (κ3) is 3.62. The van der Waals surface area contributed by atoms with Crippen LogP contribution in [0.15, 0.2) is 18.6 Å². The van der Waals surface area contributed by atoms with Gasteiger partial charge in [0.25, 0.3) is 0 Å². The third-order valence-corrected chi connectivity index (χ3v) is 3.66. The highest BCUT2D eigenvalue weighted by molar-refractivity contribution is 6.32. The summed E-state index contributed by atoms with van der Waals surface area (Å²) in [5.74, 6) is 1.14. The minimum absolute atomic E-state index is 0.478. The van der Waals surface area contributed by atoms with Crippen molar-refractivity contribution < 1.29 is 0 Å². The fourth-order valence-electron chi connectivity index (χ4n) is 2.32. The second-order valence-corrected chi connectivity index (χ2v) is 5.50. The number of rotatable bonds is 5. The Bertz CT molecular complexity index is 606. The van der Waals surface area contributed by atoms with Crippen LogP contribution in [0.1, 0.15) is 12.8 Å². The van der Waals surface area contributed by atoms with Gasteiger partial charge in [-0.1, -0.05) is 11.6 Å². The molecule has 1 saturated heterocycles. The molecule has 1 fully saturated rings. The van der Waals surface area contributed by atoms with Crippen LogP contribution in [0.3, 0.4) is 0 Å². The summed E-state index contributed by atoms with van der Waals surface area (Å²) in [4.78, 5) is 8.58. The van der Waals surface area contributed by atoms with E-state index in [1.807, 2.05) is 13.2 Å². The molecule has 0 bridgehead atoms. The maximum atomic E-state index is 6.14. The zero-order chi connectivity index (χ0) is 14.7. The van der Waals surface area contributed by atoms with Gasteiger partial charge in [0.1, 0.15) is 5.02 Å². The van der Waals surface area contributed by atoms with Gasteiger partial charge in [0.15, 0.2) is 5.82 Å². The van der Waals surface area contributed by atoms with Gasteiger partial charge in [-0.3, -0.25) is 4.68 Å². The van der Waals surface area contributed by atoms with Crippen molar-refractivity contribution in [3.05, 3.63) is 23.6 Å². The Balaban J connectivity index is 1.66. The van der Waals surface area contributed by atoms with Gasteiger partial charge in [0.2, 0.25) is 5.95 Å². The van der Waals surface area contributed by atoms with E-state index >= 15 is 0 Å². The third-order valence-electron chi connectivity index (χ3n) is 3.38. The molecule has 0 aliphatic carbocycles. The molecule has 0 aromatic carbocycles. The molecule has 8 heteroatoms. The Kier molecular flexibility index (Phi) is 4.21. The van der Waals surface area contributed by atoms with E-state index in [9.17, 15) is 0 Å². The van der Waals surface area contributed by atoms with Crippen LogP contribution in [-0.4, -0.2) is 38.9 Å². The fraction of sp³-hybridized carbons (Fsp3) is 0.462. The normalized spacial score (nSPS) is 17.9. The van der Waals surface area contributed by atoms with Gasteiger partial charge in [0.05, 0.1) is 18.1 Å². The number of nitrogens with zero attached hydrogens (tertiary/aromatic N) is 4. The highest BCUT2D eigenvalue weighted by Crippen LogP contribution is 2.21. The number of aromatic nitrogens is 4. The van der Waals surface area contributed by atoms with E-state index in [2.05, 4.69) is 31.0 Å². The van der Waals surface area contributed by atoms with E-state index in [0.29, 0.717) is 22.8 Å². The van der Waals surface area contributed by atoms with Crippen molar-refractivity contribution in [3.8, 4) is 0 Å². The van der Waals surface area contributed by atoms with Crippen LogP contribution in [0.5, 0.6) is 0 Å². The molecule has 21 heavy (non-hydrogen) atoms. The molecule has 1 atom stereocenters. The molecule has 3 heterocycles. The highest BCUT2D eigenvalue weighted by Gasteiger charge is 2.14. The Morgan fingerprint density at radius 1 is 1.48 bits per heavy atom. The Morgan fingerprint density at radius 2 is 2.38 bits per heavy atom. The molecule has 2 aromatic rings. The maximum Gasteiger partial charge on any atom is 0.229 e. The van der Waals surface area contributed by atoms with Gasteiger partial charge in [-0.15, -0.1) is 0 Å². The van der Waals surface area contributed by atoms with Crippen LogP contribution in [0.4, 0.5) is 17.5 Å². The molecule has 112 valence electrons. The number of hydrogen-bond acceptors (Lipinski definition) is 6. The predicted octanol–water partition coefficient (Wildman–Crippen LogP) is 1.77. The quantitative estimate of drug-likeness (QED) is 0.781. The molecule has 3 N–H and O–H groups in total. The zero-order valence-corrected chi connectivity index (χ0v) is 12.6. The van der Waals surface area contributed by atoms with E-state index in [0.717, 1.165) is 18.8 Å². The summed E-state index contributed by atoms with van der Waals surface area (Å²) in [6.07, 6.45) is 7.56. The minimum Gasteiger partial charge on any atom is -0.367 e. The van der Waals surface area contributed by atoms with Crippen LogP contribution in [0.25, 0.3) is 0 Å².